The van der Waals surface area contributed by atoms with Crippen LogP contribution in [0.3, 0.4) is 0 Å². The summed E-state index contributed by atoms with van der Waals surface area (Å²) < 4.78 is 6.76. The molecule has 3 rings (SSSR count). The van der Waals surface area contributed by atoms with Crippen LogP contribution < -0.4 is 0 Å². The number of thioether (sulfide) groups is 1. The Balaban J connectivity index is 2.01. The van der Waals surface area contributed by atoms with Gasteiger partial charge in [0, 0.05) is 22.2 Å². The van der Waals surface area contributed by atoms with Gasteiger partial charge < -0.3 is 4.74 Å². The first-order valence-electron chi connectivity index (χ1n) is 10.3. The number of para-hydroxylation sites is 1. The lowest BCUT2D eigenvalue weighted by atomic mass is 10.1. The summed E-state index contributed by atoms with van der Waals surface area (Å²) in [6, 6.07) is 19.9. The number of unbranched alkanes of at least 4 members (excludes halogenated alkanes) is 1. The van der Waals surface area contributed by atoms with Crippen LogP contribution in [0.25, 0.3) is 23.0 Å². The highest BCUT2D eigenvalue weighted by atomic mass is 32.2. The van der Waals surface area contributed by atoms with Crippen molar-refractivity contribution in [1.82, 2.24) is 9.78 Å². The van der Waals surface area contributed by atoms with Gasteiger partial charge in [-0.05, 0) is 49.4 Å². The molecule has 0 bridgehead atoms. The molecule has 0 aliphatic rings. The van der Waals surface area contributed by atoms with E-state index in [9.17, 15) is 10.1 Å². The fourth-order valence-corrected chi connectivity index (χ4v) is 3.97. The third-order valence-corrected chi connectivity index (χ3v) is 5.67. The molecule has 6 heteroatoms. The monoisotopic (exact) mass is 431 g/mol. The molecule has 0 spiro atoms. The molecule has 1 heterocycles. The molecule has 0 aliphatic heterocycles. The average Bonchev–Trinajstić information content (AvgIpc) is 3.23. The number of carbonyl (C=O) groups is 1. The normalized spacial score (nSPS) is 11.2. The van der Waals surface area contributed by atoms with Crippen LogP contribution >= 0.6 is 11.8 Å². The van der Waals surface area contributed by atoms with Crippen LogP contribution in [0.15, 0.2) is 71.3 Å². The molecule has 0 atom stereocenters. The van der Waals surface area contributed by atoms with Crippen molar-refractivity contribution in [2.45, 2.75) is 31.6 Å². The minimum Gasteiger partial charge on any atom is -0.462 e. The van der Waals surface area contributed by atoms with Gasteiger partial charge in [0.15, 0.2) is 0 Å². The number of nitriles is 1. The Kier molecular flexibility index (Phi) is 8.08. The number of rotatable bonds is 9. The lowest BCUT2D eigenvalue weighted by molar-refractivity contribution is -0.137. The largest absolute Gasteiger partial charge is 0.462 e. The summed E-state index contributed by atoms with van der Waals surface area (Å²) in [5.74, 6) is 0.462. The highest BCUT2D eigenvalue weighted by Crippen LogP contribution is 2.28. The lowest BCUT2D eigenvalue weighted by Crippen LogP contribution is -2.06. The Labute approximate surface area is 187 Å². The van der Waals surface area contributed by atoms with Gasteiger partial charge >= 0.3 is 5.97 Å². The van der Waals surface area contributed by atoms with Crippen LogP contribution in [0.1, 0.15) is 32.3 Å². The molecule has 1 aromatic heterocycles. The summed E-state index contributed by atoms with van der Waals surface area (Å²) in [6.45, 7) is 4.12. The summed E-state index contributed by atoms with van der Waals surface area (Å²) in [7, 11) is 0. The van der Waals surface area contributed by atoms with Crippen molar-refractivity contribution in [2.24, 2.45) is 0 Å². The highest BCUT2D eigenvalue weighted by molar-refractivity contribution is 7.99. The van der Waals surface area contributed by atoms with Gasteiger partial charge in [0.25, 0.3) is 0 Å². The minimum absolute atomic E-state index is 0.0533. The van der Waals surface area contributed by atoms with E-state index in [0.717, 1.165) is 17.0 Å². The van der Waals surface area contributed by atoms with Gasteiger partial charge in [-0.15, -0.1) is 11.8 Å². The minimum atomic E-state index is -0.633. The zero-order valence-electron chi connectivity index (χ0n) is 17.7. The summed E-state index contributed by atoms with van der Waals surface area (Å²) in [4.78, 5) is 13.3. The van der Waals surface area contributed by atoms with Crippen LogP contribution in [0, 0.1) is 11.3 Å². The van der Waals surface area contributed by atoms with E-state index in [0.29, 0.717) is 11.3 Å². The van der Waals surface area contributed by atoms with Gasteiger partial charge in [0.05, 0.1) is 18.0 Å². The van der Waals surface area contributed by atoms with E-state index in [1.165, 1.54) is 17.7 Å². The molecule has 158 valence electrons. The molecule has 0 fully saturated rings. The van der Waals surface area contributed by atoms with E-state index in [2.05, 4.69) is 19.1 Å². The first-order chi connectivity index (χ1) is 15.2. The van der Waals surface area contributed by atoms with Crippen LogP contribution in [0.5, 0.6) is 0 Å². The first-order valence-corrected chi connectivity index (χ1v) is 11.3. The van der Waals surface area contributed by atoms with Crippen molar-refractivity contribution in [1.29, 1.82) is 5.26 Å². The number of ether oxygens (including phenoxy) is 1. The van der Waals surface area contributed by atoms with E-state index < -0.39 is 5.97 Å². The molecule has 0 unspecified atom stereocenters. The molecular formula is C25H25N3O2S. The fraction of sp³-hybridized carbons (Fsp3) is 0.240. The summed E-state index contributed by atoms with van der Waals surface area (Å²) >= 11 is 1.84. The second kappa shape index (κ2) is 11.2. The van der Waals surface area contributed by atoms with Gasteiger partial charge in [-0.1, -0.05) is 43.7 Å². The lowest BCUT2D eigenvalue weighted by Gasteiger charge is -2.04. The Morgan fingerprint density at radius 3 is 2.55 bits per heavy atom. The molecule has 0 saturated carbocycles. The smallest absolute Gasteiger partial charge is 0.348 e. The number of benzene rings is 2. The van der Waals surface area contributed by atoms with Gasteiger partial charge in [0.1, 0.15) is 11.6 Å². The third-order valence-electron chi connectivity index (χ3n) is 4.57. The van der Waals surface area contributed by atoms with Crippen molar-refractivity contribution in [3.8, 4) is 23.0 Å². The van der Waals surface area contributed by atoms with Crippen LogP contribution in [-0.4, -0.2) is 28.1 Å². The summed E-state index contributed by atoms with van der Waals surface area (Å²) in [5.41, 5.74) is 3.14. The molecule has 5 nitrogen and oxygen atoms in total. The summed E-state index contributed by atoms with van der Waals surface area (Å²) in [6.07, 6.45) is 5.74. The summed E-state index contributed by atoms with van der Waals surface area (Å²) in [5, 5.41) is 14.2. The van der Waals surface area contributed by atoms with E-state index in [1.807, 2.05) is 66.5 Å². The van der Waals surface area contributed by atoms with E-state index in [-0.39, 0.29) is 12.2 Å². The number of hydrogen-bond donors (Lipinski definition) is 0. The molecule has 3 aromatic rings. The standard InChI is InChI=1S/C25H25N3O2S/c1-3-5-15-31-23-13-11-19(12-14-23)24-21(16-20(17-26)25(29)30-4-2)18-28(27-24)22-9-7-6-8-10-22/h6-14,16,18H,3-5,15H2,1-2H3/b20-16-. The number of hydrogen-bond acceptors (Lipinski definition) is 5. The molecule has 31 heavy (non-hydrogen) atoms. The van der Waals surface area contributed by atoms with E-state index in [4.69, 9.17) is 9.84 Å². The van der Waals surface area contributed by atoms with Crippen LogP contribution in [-0.2, 0) is 9.53 Å². The molecule has 0 radical (unpaired) electrons. The molecule has 0 aliphatic carbocycles. The Hall–Kier alpha value is -3.30. The number of nitrogens with zero attached hydrogens (tertiary/aromatic N) is 3. The molecule has 0 N–H and O–H groups in total. The van der Waals surface area contributed by atoms with Gasteiger partial charge in [-0.3, -0.25) is 0 Å². The Morgan fingerprint density at radius 2 is 1.90 bits per heavy atom. The molecule has 0 saturated heterocycles. The number of esters is 1. The van der Waals surface area contributed by atoms with Crippen LogP contribution in [0.2, 0.25) is 0 Å². The fourth-order valence-electron chi connectivity index (χ4n) is 2.97. The zero-order chi connectivity index (χ0) is 22.1. The highest BCUT2D eigenvalue weighted by Gasteiger charge is 2.16. The van der Waals surface area contributed by atoms with Gasteiger partial charge in [0.2, 0.25) is 0 Å². The van der Waals surface area contributed by atoms with Crippen molar-refractivity contribution >= 4 is 23.8 Å². The second-order valence-electron chi connectivity index (χ2n) is 6.83. The van der Waals surface area contributed by atoms with Crippen LogP contribution in [0.4, 0.5) is 0 Å². The SMILES string of the molecule is CCCCSc1ccc(-c2nn(-c3ccccc3)cc2/C=C(/C#N)C(=O)OCC)cc1. The third kappa shape index (κ3) is 5.87. The topological polar surface area (TPSA) is 67.9 Å². The first kappa shape index (κ1) is 22.4. The van der Waals surface area contributed by atoms with E-state index >= 15 is 0 Å². The Bertz CT molecular complexity index is 1080. The molecular weight excluding hydrogens is 406 g/mol. The van der Waals surface area contributed by atoms with Crippen molar-refractivity contribution in [2.75, 3.05) is 12.4 Å². The second-order valence-corrected chi connectivity index (χ2v) is 8.00. The zero-order valence-corrected chi connectivity index (χ0v) is 18.6. The predicted molar refractivity (Wildman–Crippen MR) is 125 cm³/mol. The maximum Gasteiger partial charge on any atom is 0.348 e. The van der Waals surface area contributed by atoms with Crippen molar-refractivity contribution in [3.05, 3.63) is 71.9 Å². The van der Waals surface area contributed by atoms with Gasteiger partial charge in [-0.25, -0.2) is 9.48 Å². The number of aromatic nitrogens is 2. The van der Waals surface area contributed by atoms with Gasteiger partial charge in [-0.2, -0.15) is 10.4 Å². The maximum atomic E-state index is 12.1. The average molecular weight is 432 g/mol. The quantitative estimate of drug-likeness (QED) is 0.139. The van der Waals surface area contributed by atoms with Crippen molar-refractivity contribution < 1.29 is 9.53 Å². The maximum absolute atomic E-state index is 12.1. The molecule has 2 aromatic carbocycles. The van der Waals surface area contributed by atoms with E-state index in [1.54, 1.807) is 17.7 Å². The van der Waals surface area contributed by atoms with Crippen molar-refractivity contribution in [3.63, 3.8) is 0 Å². The molecule has 0 amide bonds. The Morgan fingerprint density at radius 1 is 1.16 bits per heavy atom. The number of carbonyl (C=O) groups excluding carboxylic acids is 1. The predicted octanol–water partition coefficient (Wildman–Crippen LogP) is 5.90.